The monoisotopic (exact) mass is 207 g/mol. The van der Waals surface area contributed by atoms with Crippen molar-refractivity contribution in [2.75, 3.05) is 0 Å². The summed E-state index contributed by atoms with van der Waals surface area (Å²) in [5.74, 6) is -0.453. The highest BCUT2D eigenvalue weighted by Crippen LogP contribution is 2.53. The molecule has 0 aliphatic carbocycles. The summed E-state index contributed by atoms with van der Waals surface area (Å²) >= 11 is 0. The minimum absolute atomic E-state index is 0.392. The highest BCUT2D eigenvalue weighted by Gasteiger charge is 2.66. The molecule has 0 amide bonds. The summed E-state index contributed by atoms with van der Waals surface area (Å²) in [6, 6.07) is 2.09. The molecule has 1 fully saturated rings. The van der Waals surface area contributed by atoms with Crippen molar-refractivity contribution in [1.82, 2.24) is 0 Å². The maximum Gasteiger partial charge on any atom is 0.304 e. The van der Waals surface area contributed by atoms with Crippen LogP contribution in [0.25, 0.3) is 0 Å². The van der Waals surface area contributed by atoms with E-state index in [1.807, 2.05) is 19.1 Å². The Bertz CT molecular complexity index is 397. The molecule has 2 aliphatic heterocycles. The van der Waals surface area contributed by atoms with E-state index in [1.54, 1.807) is 6.92 Å². The molecule has 80 valence electrons. The lowest BCUT2D eigenvalue weighted by Gasteiger charge is -2.33. The summed E-state index contributed by atoms with van der Waals surface area (Å²) in [5, 5.41) is 9.23. The van der Waals surface area contributed by atoms with Gasteiger partial charge in [-0.1, -0.05) is 6.08 Å². The molecule has 3 unspecified atom stereocenters. The number of hydrogen-bond acceptors (Lipinski definition) is 4. The van der Waals surface area contributed by atoms with E-state index >= 15 is 0 Å². The number of carbonyl (C=O) groups excluding carboxylic acids is 1. The van der Waals surface area contributed by atoms with Crippen LogP contribution in [0.2, 0.25) is 0 Å². The third kappa shape index (κ3) is 1.20. The van der Waals surface area contributed by atoms with Crippen LogP contribution in [0.4, 0.5) is 0 Å². The van der Waals surface area contributed by atoms with Crippen LogP contribution in [0.15, 0.2) is 12.2 Å². The first kappa shape index (κ1) is 10.2. The number of esters is 1. The number of hydrogen-bond donors (Lipinski definition) is 0. The van der Waals surface area contributed by atoms with E-state index < -0.39 is 22.8 Å². The fraction of sp³-hybridized carbons (Fsp3) is 0.636. The highest BCUT2D eigenvalue weighted by molar-refractivity contribution is 5.67. The SMILES string of the molecule is CC(=O)OC1(C#N)CC2(C)C=CC1(C)O2. The van der Waals surface area contributed by atoms with Crippen LogP contribution in [0.3, 0.4) is 0 Å². The second-order valence-corrected chi connectivity index (χ2v) is 4.56. The number of ether oxygens (including phenoxy) is 2. The Balaban J connectivity index is 2.42. The number of nitriles is 1. The van der Waals surface area contributed by atoms with Crippen LogP contribution >= 0.6 is 0 Å². The van der Waals surface area contributed by atoms with E-state index in [1.165, 1.54) is 6.92 Å². The van der Waals surface area contributed by atoms with Gasteiger partial charge in [-0.3, -0.25) is 4.79 Å². The van der Waals surface area contributed by atoms with Crippen molar-refractivity contribution >= 4 is 5.97 Å². The standard InChI is InChI=1S/C11H13NO3/c1-8(13)14-11(7-12)6-9(2)4-5-10(11,3)15-9/h4-5H,6H2,1-3H3. The summed E-state index contributed by atoms with van der Waals surface area (Å²) < 4.78 is 10.9. The molecule has 0 aromatic carbocycles. The van der Waals surface area contributed by atoms with E-state index in [-0.39, 0.29) is 0 Å². The van der Waals surface area contributed by atoms with E-state index in [9.17, 15) is 10.1 Å². The quantitative estimate of drug-likeness (QED) is 0.480. The number of carbonyl (C=O) groups is 1. The van der Waals surface area contributed by atoms with Gasteiger partial charge >= 0.3 is 5.97 Å². The molecule has 3 atom stereocenters. The van der Waals surface area contributed by atoms with Gasteiger partial charge in [0.25, 0.3) is 0 Å². The largest absolute Gasteiger partial charge is 0.440 e. The Morgan fingerprint density at radius 3 is 2.53 bits per heavy atom. The van der Waals surface area contributed by atoms with Crippen LogP contribution < -0.4 is 0 Å². The molecule has 0 aromatic rings. The smallest absolute Gasteiger partial charge is 0.304 e. The third-order valence-electron chi connectivity index (χ3n) is 3.10. The summed E-state index contributed by atoms with van der Waals surface area (Å²) in [5.41, 5.74) is -2.48. The van der Waals surface area contributed by atoms with Gasteiger partial charge in [-0.2, -0.15) is 5.26 Å². The van der Waals surface area contributed by atoms with Gasteiger partial charge in [0.15, 0.2) is 0 Å². The van der Waals surface area contributed by atoms with Crippen LogP contribution in [-0.4, -0.2) is 22.8 Å². The Kier molecular flexibility index (Phi) is 1.78. The molecule has 0 N–H and O–H groups in total. The van der Waals surface area contributed by atoms with Gasteiger partial charge in [-0.25, -0.2) is 0 Å². The van der Waals surface area contributed by atoms with E-state index in [4.69, 9.17) is 9.47 Å². The molecule has 2 rings (SSSR count). The maximum atomic E-state index is 11.0. The van der Waals surface area contributed by atoms with Crippen molar-refractivity contribution in [2.45, 2.75) is 44.0 Å². The van der Waals surface area contributed by atoms with Gasteiger partial charge in [0, 0.05) is 13.3 Å². The Morgan fingerprint density at radius 2 is 2.20 bits per heavy atom. The predicted octanol–water partition coefficient (Wildman–Crippen LogP) is 1.32. The van der Waals surface area contributed by atoms with Crippen LogP contribution in [0.1, 0.15) is 27.2 Å². The van der Waals surface area contributed by atoms with Gasteiger partial charge in [-0.15, -0.1) is 0 Å². The second kappa shape index (κ2) is 2.61. The first-order chi connectivity index (χ1) is 6.85. The summed E-state index contributed by atoms with van der Waals surface area (Å²) in [4.78, 5) is 11.0. The number of rotatable bonds is 1. The topological polar surface area (TPSA) is 59.3 Å². The van der Waals surface area contributed by atoms with Crippen LogP contribution in [-0.2, 0) is 14.3 Å². The Labute approximate surface area is 88.5 Å². The Morgan fingerprint density at radius 1 is 1.53 bits per heavy atom. The molecular formula is C11H13NO3. The van der Waals surface area contributed by atoms with Crippen LogP contribution in [0.5, 0.6) is 0 Å². The van der Waals surface area contributed by atoms with Gasteiger partial charge in [-0.05, 0) is 19.9 Å². The summed E-state index contributed by atoms with van der Waals surface area (Å²) in [6.07, 6.45) is 4.12. The van der Waals surface area contributed by atoms with Gasteiger partial charge in [0.2, 0.25) is 5.60 Å². The minimum atomic E-state index is -1.18. The lowest BCUT2D eigenvalue weighted by molar-refractivity contribution is -0.161. The normalized spacial score (nSPS) is 46.5. The summed E-state index contributed by atoms with van der Waals surface area (Å²) in [7, 11) is 0. The molecular weight excluding hydrogens is 194 g/mol. The first-order valence-electron chi connectivity index (χ1n) is 4.86. The zero-order chi connectivity index (χ0) is 11.3. The molecule has 2 heterocycles. The van der Waals surface area contributed by atoms with Gasteiger partial charge in [0.05, 0.1) is 5.60 Å². The zero-order valence-electron chi connectivity index (χ0n) is 9.03. The molecule has 0 radical (unpaired) electrons. The van der Waals surface area contributed by atoms with E-state index in [0.29, 0.717) is 6.42 Å². The lowest BCUT2D eigenvalue weighted by Crippen LogP contribution is -2.49. The van der Waals surface area contributed by atoms with E-state index in [0.717, 1.165) is 0 Å². The van der Waals surface area contributed by atoms with Crippen molar-refractivity contribution in [3.05, 3.63) is 12.2 Å². The predicted molar refractivity (Wildman–Crippen MR) is 51.8 cm³/mol. The van der Waals surface area contributed by atoms with Gasteiger partial charge in [0.1, 0.15) is 11.7 Å². The molecule has 0 saturated carbocycles. The van der Waals surface area contributed by atoms with Gasteiger partial charge < -0.3 is 9.47 Å². The van der Waals surface area contributed by atoms with Crippen LogP contribution in [0, 0.1) is 11.3 Å². The van der Waals surface area contributed by atoms with Crippen molar-refractivity contribution < 1.29 is 14.3 Å². The van der Waals surface area contributed by atoms with E-state index in [2.05, 4.69) is 6.07 Å². The fourth-order valence-electron chi connectivity index (χ4n) is 2.43. The van der Waals surface area contributed by atoms with Crippen molar-refractivity contribution in [1.29, 1.82) is 5.26 Å². The average Bonchev–Trinajstić information content (AvgIpc) is 2.51. The highest BCUT2D eigenvalue weighted by atomic mass is 16.6. The lowest BCUT2D eigenvalue weighted by atomic mass is 9.77. The van der Waals surface area contributed by atoms with Crippen molar-refractivity contribution in [2.24, 2.45) is 0 Å². The molecule has 0 aromatic heterocycles. The molecule has 4 heteroatoms. The zero-order valence-corrected chi connectivity index (χ0v) is 9.03. The number of fused-ring (bicyclic) bond motifs is 2. The third-order valence-corrected chi connectivity index (χ3v) is 3.10. The fourth-order valence-corrected chi connectivity index (χ4v) is 2.43. The second-order valence-electron chi connectivity index (χ2n) is 4.56. The molecule has 15 heavy (non-hydrogen) atoms. The maximum absolute atomic E-state index is 11.0. The van der Waals surface area contributed by atoms with Crippen molar-refractivity contribution in [3.8, 4) is 6.07 Å². The molecule has 0 spiro atoms. The molecule has 4 nitrogen and oxygen atoms in total. The molecule has 2 aliphatic rings. The average molecular weight is 207 g/mol. The molecule has 2 bridgehead atoms. The summed E-state index contributed by atoms with van der Waals surface area (Å²) in [6.45, 7) is 4.96. The first-order valence-corrected chi connectivity index (χ1v) is 4.86. The molecule has 1 saturated heterocycles. The number of nitrogens with zero attached hydrogens (tertiary/aromatic N) is 1. The Hall–Kier alpha value is -1.34. The van der Waals surface area contributed by atoms with Crippen molar-refractivity contribution in [3.63, 3.8) is 0 Å². The minimum Gasteiger partial charge on any atom is -0.440 e.